The first-order valence-corrected chi connectivity index (χ1v) is 5.32. The molecule has 92 valence electrons. The Labute approximate surface area is 104 Å². The molecule has 0 aliphatic carbocycles. The molecular formula is C13H12N2O3. The van der Waals surface area contributed by atoms with Gasteiger partial charge >= 0.3 is 0 Å². The van der Waals surface area contributed by atoms with Gasteiger partial charge in [-0.25, -0.2) is 5.43 Å². The number of carbonyl (C=O) groups is 1. The number of phenolic OH excluding ortho intramolecular Hbond substituents is 1. The number of hydrogen-bond donors (Lipinski definition) is 2. The van der Waals surface area contributed by atoms with Gasteiger partial charge in [0.25, 0.3) is 5.91 Å². The summed E-state index contributed by atoms with van der Waals surface area (Å²) in [6.45, 7) is 1.72. The van der Waals surface area contributed by atoms with Gasteiger partial charge in [0.15, 0.2) is 0 Å². The van der Waals surface area contributed by atoms with E-state index in [0.717, 1.165) is 5.56 Å². The molecule has 2 aromatic rings. The minimum absolute atomic E-state index is 0.0338. The summed E-state index contributed by atoms with van der Waals surface area (Å²) in [6, 6.07) is 6.66. The number of amides is 1. The third-order valence-corrected chi connectivity index (χ3v) is 2.41. The average Bonchev–Trinajstić information content (AvgIpc) is 2.85. The molecule has 1 aromatic carbocycles. The van der Waals surface area contributed by atoms with E-state index >= 15 is 0 Å². The minimum atomic E-state index is -0.462. The lowest BCUT2D eigenvalue weighted by Gasteiger charge is -2.04. The van der Waals surface area contributed by atoms with Gasteiger partial charge in [-0.3, -0.25) is 4.79 Å². The van der Waals surface area contributed by atoms with Crippen LogP contribution >= 0.6 is 0 Å². The molecule has 0 bridgehead atoms. The molecule has 5 heteroatoms. The number of aryl methyl sites for hydroxylation is 1. The molecule has 2 rings (SSSR count). The van der Waals surface area contributed by atoms with E-state index in [1.165, 1.54) is 24.8 Å². The van der Waals surface area contributed by atoms with E-state index in [9.17, 15) is 9.90 Å². The zero-order chi connectivity index (χ0) is 13.0. The van der Waals surface area contributed by atoms with E-state index in [0.29, 0.717) is 5.56 Å². The monoisotopic (exact) mass is 244 g/mol. The fourth-order valence-electron chi connectivity index (χ4n) is 1.42. The van der Waals surface area contributed by atoms with Crippen LogP contribution in [0.4, 0.5) is 0 Å². The lowest BCUT2D eigenvalue weighted by atomic mass is 10.1. The molecule has 18 heavy (non-hydrogen) atoms. The van der Waals surface area contributed by atoms with Crippen molar-refractivity contribution >= 4 is 12.1 Å². The molecule has 0 unspecified atom stereocenters. The maximum absolute atomic E-state index is 11.7. The normalized spacial score (nSPS) is 10.7. The van der Waals surface area contributed by atoms with Gasteiger partial charge < -0.3 is 9.52 Å². The highest BCUT2D eigenvalue weighted by atomic mass is 16.3. The summed E-state index contributed by atoms with van der Waals surface area (Å²) in [7, 11) is 0. The number of para-hydroxylation sites is 1. The zero-order valence-electron chi connectivity index (χ0n) is 9.75. The molecule has 5 nitrogen and oxygen atoms in total. The van der Waals surface area contributed by atoms with Crippen molar-refractivity contribution in [2.75, 3.05) is 0 Å². The predicted octanol–water partition coefficient (Wildman–Crippen LogP) is 2.06. The fourth-order valence-corrected chi connectivity index (χ4v) is 1.42. The van der Waals surface area contributed by atoms with E-state index in [-0.39, 0.29) is 11.3 Å². The van der Waals surface area contributed by atoms with Crippen LogP contribution in [0.1, 0.15) is 21.5 Å². The smallest absolute Gasteiger partial charge is 0.275 e. The van der Waals surface area contributed by atoms with Crippen LogP contribution in [0.5, 0.6) is 5.75 Å². The number of carbonyl (C=O) groups excluding carboxylic acids is 1. The summed E-state index contributed by atoms with van der Waals surface area (Å²) in [4.78, 5) is 11.7. The summed E-state index contributed by atoms with van der Waals surface area (Å²) >= 11 is 0. The van der Waals surface area contributed by atoms with Crippen LogP contribution in [-0.4, -0.2) is 17.2 Å². The van der Waals surface area contributed by atoms with Gasteiger partial charge in [-0.15, -0.1) is 0 Å². The first-order valence-electron chi connectivity index (χ1n) is 5.32. The number of nitrogens with zero attached hydrogens (tertiary/aromatic N) is 1. The van der Waals surface area contributed by atoms with Gasteiger partial charge in [-0.05, 0) is 24.6 Å². The van der Waals surface area contributed by atoms with E-state index in [2.05, 4.69) is 10.5 Å². The van der Waals surface area contributed by atoms with Crippen LogP contribution in [0, 0.1) is 6.92 Å². The SMILES string of the molecule is Cc1cccc(C(=O)N/N=C\c2ccoc2)c1O. The maximum atomic E-state index is 11.7. The zero-order valence-corrected chi connectivity index (χ0v) is 9.75. The van der Waals surface area contributed by atoms with E-state index in [1.54, 1.807) is 25.1 Å². The topological polar surface area (TPSA) is 74.8 Å². The number of hydrogen-bond acceptors (Lipinski definition) is 4. The van der Waals surface area contributed by atoms with Crippen molar-refractivity contribution in [3.8, 4) is 5.75 Å². The lowest BCUT2D eigenvalue weighted by molar-refractivity contribution is 0.0952. The van der Waals surface area contributed by atoms with Gasteiger partial charge in [0.2, 0.25) is 0 Å². The Morgan fingerprint density at radius 2 is 2.28 bits per heavy atom. The van der Waals surface area contributed by atoms with Crippen molar-refractivity contribution in [1.29, 1.82) is 0 Å². The number of benzene rings is 1. The minimum Gasteiger partial charge on any atom is -0.507 e. The summed E-state index contributed by atoms with van der Waals surface area (Å²) < 4.78 is 4.85. The molecule has 0 spiro atoms. The molecule has 0 atom stereocenters. The first kappa shape index (κ1) is 11.9. The number of hydrazone groups is 1. The molecule has 2 N–H and O–H groups in total. The Bertz CT molecular complexity index is 574. The second kappa shape index (κ2) is 5.18. The Morgan fingerprint density at radius 1 is 1.44 bits per heavy atom. The molecule has 0 fully saturated rings. The van der Waals surface area contributed by atoms with Crippen LogP contribution in [0.25, 0.3) is 0 Å². The van der Waals surface area contributed by atoms with Crippen LogP contribution in [0.3, 0.4) is 0 Å². The van der Waals surface area contributed by atoms with E-state index < -0.39 is 5.91 Å². The Hall–Kier alpha value is -2.56. The molecule has 1 aromatic heterocycles. The third kappa shape index (κ3) is 2.57. The third-order valence-electron chi connectivity index (χ3n) is 2.41. The summed E-state index contributed by atoms with van der Waals surface area (Å²) in [5.74, 6) is -0.496. The van der Waals surface area contributed by atoms with Gasteiger partial charge in [-0.2, -0.15) is 5.10 Å². The second-order valence-electron chi connectivity index (χ2n) is 3.73. The van der Waals surface area contributed by atoms with Crippen molar-refractivity contribution < 1.29 is 14.3 Å². The highest BCUT2D eigenvalue weighted by Gasteiger charge is 2.11. The second-order valence-corrected chi connectivity index (χ2v) is 3.73. The van der Waals surface area contributed by atoms with Crippen molar-refractivity contribution in [3.63, 3.8) is 0 Å². The molecule has 0 aliphatic rings. The van der Waals surface area contributed by atoms with Crippen molar-refractivity contribution in [2.24, 2.45) is 5.10 Å². The fraction of sp³-hybridized carbons (Fsp3) is 0.0769. The number of rotatable bonds is 3. The number of phenols is 1. The largest absolute Gasteiger partial charge is 0.507 e. The number of furan rings is 1. The highest BCUT2D eigenvalue weighted by molar-refractivity contribution is 5.97. The average molecular weight is 244 g/mol. The van der Waals surface area contributed by atoms with Crippen molar-refractivity contribution in [2.45, 2.75) is 6.92 Å². The molecule has 1 amide bonds. The standard InChI is InChI=1S/C13H12N2O3/c1-9-3-2-4-11(12(9)16)13(17)15-14-7-10-5-6-18-8-10/h2-8,16H,1H3,(H,15,17)/b14-7-. The Morgan fingerprint density at radius 3 is 3.00 bits per heavy atom. The maximum Gasteiger partial charge on any atom is 0.275 e. The molecule has 0 saturated carbocycles. The van der Waals surface area contributed by atoms with E-state index in [1.807, 2.05) is 0 Å². The van der Waals surface area contributed by atoms with Gasteiger partial charge in [-0.1, -0.05) is 12.1 Å². The van der Waals surface area contributed by atoms with Crippen LogP contribution in [0.2, 0.25) is 0 Å². The van der Waals surface area contributed by atoms with Gasteiger partial charge in [0, 0.05) is 5.56 Å². The van der Waals surface area contributed by atoms with Crippen LogP contribution in [-0.2, 0) is 0 Å². The summed E-state index contributed by atoms with van der Waals surface area (Å²) in [5, 5.41) is 13.5. The molecule has 1 heterocycles. The van der Waals surface area contributed by atoms with Crippen LogP contribution < -0.4 is 5.43 Å². The first-order chi connectivity index (χ1) is 8.68. The van der Waals surface area contributed by atoms with Crippen molar-refractivity contribution in [1.82, 2.24) is 5.43 Å². The molecule has 0 aliphatic heterocycles. The van der Waals surface area contributed by atoms with Crippen molar-refractivity contribution in [3.05, 3.63) is 53.5 Å². The molecule has 0 radical (unpaired) electrons. The van der Waals surface area contributed by atoms with Crippen LogP contribution in [0.15, 0.2) is 46.3 Å². The summed E-state index contributed by atoms with van der Waals surface area (Å²) in [6.07, 6.45) is 4.46. The number of nitrogens with one attached hydrogen (secondary N) is 1. The Balaban J connectivity index is 2.06. The highest BCUT2D eigenvalue weighted by Crippen LogP contribution is 2.20. The quantitative estimate of drug-likeness (QED) is 0.641. The molecule has 0 saturated heterocycles. The predicted molar refractivity (Wildman–Crippen MR) is 66.6 cm³/mol. The van der Waals surface area contributed by atoms with Gasteiger partial charge in [0.05, 0.1) is 24.3 Å². The Kier molecular flexibility index (Phi) is 3.43. The molecular weight excluding hydrogens is 232 g/mol. The number of aromatic hydroxyl groups is 1. The van der Waals surface area contributed by atoms with E-state index in [4.69, 9.17) is 4.42 Å². The summed E-state index contributed by atoms with van der Waals surface area (Å²) in [5.41, 5.74) is 3.91. The van der Waals surface area contributed by atoms with Gasteiger partial charge in [0.1, 0.15) is 5.75 Å². The lowest BCUT2D eigenvalue weighted by Crippen LogP contribution is -2.17.